The molecule has 0 aliphatic rings. The molecule has 0 aliphatic heterocycles. The van der Waals surface area contributed by atoms with Crippen LogP contribution in [0.15, 0.2) is 30.3 Å². The van der Waals surface area contributed by atoms with Crippen LogP contribution in [0.2, 0.25) is 0 Å². The van der Waals surface area contributed by atoms with Gasteiger partial charge in [0.15, 0.2) is 7.85 Å². The fraction of sp³-hybridized carbons (Fsp3) is 0.214. The number of esters is 1. The van der Waals surface area contributed by atoms with Crippen LogP contribution in [0.25, 0.3) is 6.08 Å². The molecule has 102 valence electrons. The molecular weight excluding hydrogens is 257 g/mol. The van der Waals surface area contributed by atoms with E-state index in [0.29, 0.717) is 11.3 Å². The van der Waals surface area contributed by atoms with Gasteiger partial charge in [-0.15, -0.1) is 0 Å². The second-order valence-corrected chi connectivity index (χ2v) is 3.98. The van der Waals surface area contributed by atoms with E-state index < -0.39 is 11.7 Å². The molecule has 0 saturated heterocycles. The first kappa shape index (κ1) is 15.7. The third-order valence-electron chi connectivity index (χ3n) is 2.27. The molecule has 0 fully saturated rings. The predicted molar refractivity (Wildman–Crippen MR) is 75.2 cm³/mol. The number of carbonyl (C=O) groups excluding carboxylic acids is 3. The molecule has 0 saturated carbocycles. The van der Waals surface area contributed by atoms with E-state index >= 15 is 0 Å². The van der Waals surface area contributed by atoms with Gasteiger partial charge in [-0.1, -0.05) is 18.2 Å². The number of carbonyl (C=O) groups is 3. The van der Waals surface area contributed by atoms with Gasteiger partial charge in [0, 0.05) is 19.0 Å². The Kier molecular flexibility index (Phi) is 6.23. The van der Waals surface area contributed by atoms with Crippen LogP contribution in [0, 0.1) is 0 Å². The van der Waals surface area contributed by atoms with E-state index in [1.807, 2.05) is 0 Å². The maximum atomic E-state index is 11.6. The zero-order valence-corrected chi connectivity index (χ0v) is 11.1. The number of para-hydroxylation sites is 1. The Balaban J connectivity index is 2.65. The van der Waals surface area contributed by atoms with Crippen molar-refractivity contribution in [3.05, 3.63) is 35.9 Å². The topological polar surface area (TPSA) is 72.5 Å². The van der Waals surface area contributed by atoms with Crippen molar-refractivity contribution in [3.8, 4) is 5.75 Å². The van der Waals surface area contributed by atoms with Gasteiger partial charge in [-0.2, -0.15) is 0 Å². The minimum atomic E-state index is -0.586. The monoisotopic (exact) mass is 271 g/mol. The average Bonchev–Trinajstić information content (AvgIpc) is 2.37. The standard InChI is InChI=1S/C14H14BNO4/c1-10(17)16-9-8-14(19)20-12-5-3-2-4-11(12)6-7-13(15)18/h2-7H,8-9H2,1H3,(H,16,17)/b7-6-. The fourth-order valence-corrected chi connectivity index (χ4v) is 1.40. The summed E-state index contributed by atoms with van der Waals surface area (Å²) in [4.78, 5) is 33.0. The lowest BCUT2D eigenvalue weighted by molar-refractivity contribution is -0.134. The van der Waals surface area contributed by atoms with E-state index in [4.69, 9.17) is 12.6 Å². The molecule has 20 heavy (non-hydrogen) atoms. The Morgan fingerprint density at radius 2 is 2.00 bits per heavy atom. The van der Waals surface area contributed by atoms with Crippen molar-refractivity contribution in [2.45, 2.75) is 13.3 Å². The molecule has 0 spiro atoms. The van der Waals surface area contributed by atoms with Gasteiger partial charge in [-0.25, -0.2) is 0 Å². The molecule has 1 amide bonds. The summed E-state index contributed by atoms with van der Waals surface area (Å²) in [5.74, 6) is -0.348. The van der Waals surface area contributed by atoms with Crippen molar-refractivity contribution in [3.63, 3.8) is 0 Å². The largest absolute Gasteiger partial charge is 0.426 e. The number of ether oxygens (including phenoxy) is 1. The molecule has 1 N–H and O–H groups in total. The minimum absolute atomic E-state index is 0.0629. The number of benzene rings is 1. The second-order valence-electron chi connectivity index (χ2n) is 3.98. The zero-order chi connectivity index (χ0) is 15.0. The maximum Gasteiger partial charge on any atom is 0.312 e. The summed E-state index contributed by atoms with van der Waals surface area (Å²) < 4.78 is 5.17. The molecule has 5 nitrogen and oxygen atoms in total. The Bertz CT molecular complexity index is 540. The number of nitrogens with one attached hydrogen (secondary N) is 1. The van der Waals surface area contributed by atoms with Crippen molar-refractivity contribution < 1.29 is 19.1 Å². The lowest BCUT2D eigenvalue weighted by atomic mass is 10.0. The van der Waals surface area contributed by atoms with E-state index in [-0.39, 0.29) is 18.9 Å². The van der Waals surface area contributed by atoms with E-state index in [1.54, 1.807) is 24.3 Å². The van der Waals surface area contributed by atoms with Crippen molar-refractivity contribution >= 4 is 31.5 Å². The van der Waals surface area contributed by atoms with Crippen LogP contribution in [-0.4, -0.2) is 32.0 Å². The summed E-state index contributed by atoms with van der Waals surface area (Å²) in [6, 6.07) is 6.75. The lowest BCUT2D eigenvalue weighted by Gasteiger charge is -2.07. The highest BCUT2D eigenvalue weighted by atomic mass is 16.5. The summed E-state index contributed by atoms with van der Waals surface area (Å²) in [5.41, 5.74) is -0.0176. The number of hydrogen-bond acceptors (Lipinski definition) is 4. The Morgan fingerprint density at radius 1 is 1.30 bits per heavy atom. The number of hydrogen-bond donors (Lipinski definition) is 1. The smallest absolute Gasteiger partial charge is 0.312 e. The van der Waals surface area contributed by atoms with Gasteiger partial charge < -0.3 is 14.8 Å². The first-order valence-corrected chi connectivity index (χ1v) is 6.00. The second kappa shape index (κ2) is 7.94. The molecule has 2 radical (unpaired) electrons. The maximum absolute atomic E-state index is 11.6. The SMILES string of the molecule is [B]C(=O)/C=C\c1ccccc1OC(=O)CCNC(C)=O. The molecule has 1 aromatic carbocycles. The minimum Gasteiger partial charge on any atom is -0.426 e. The highest BCUT2D eigenvalue weighted by molar-refractivity contribution is 6.61. The van der Waals surface area contributed by atoms with Gasteiger partial charge in [0.05, 0.1) is 12.1 Å². The fourth-order valence-electron chi connectivity index (χ4n) is 1.40. The molecular formula is C14H14BNO4. The molecule has 1 aromatic rings. The quantitative estimate of drug-likeness (QED) is 0.360. The van der Waals surface area contributed by atoms with E-state index in [0.717, 1.165) is 0 Å². The van der Waals surface area contributed by atoms with E-state index in [1.165, 1.54) is 19.1 Å². The average molecular weight is 271 g/mol. The highest BCUT2D eigenvalue weighted by Gasteiger charge is 2.07. The predicted octanol–water partition coefficient (Wildman–Crippen LogP) is 0.826. The Labute approximate surface area is 118 Å². The summed E-state index contributed by atoms with van der Waals surface area (Å²) in [6.07, 6.45) is 2.72. The molecule has 0 bridgehead atoms. The third kappa shape index (κ3) is 5.99. The van der Waals surface area contributed by atoms with Crippen molar-refractivity contribution in [2.24, 2.45) is 0 Å². The Hall–Kier alpha value is -2.37. The summed E-state index contributed by atoms with van der Waals surface area (Å²) in [5, 5.41) is 2.50. The third-order valence-corrected chi connectivity index (χ3v) is 2.27. The van der Waals surface area contributed by atoms with Crippen molar-refractivity contribution in [1.82, 2.24) is 5.32 Å². The summed E-state index contributed by atoms with van der Waals surface area (Å²) in [7, 11) is 5.01. The van der Waals surface area contributed by atoms with Gasteiger partial charge in [0.25, 0.3) is 0 Å². The molecule has 0 unspecified atom stereocenters. The van der Waals surface area contributed by atoms with Crippen LogP contribution < -0.4 is 10.1 Å². The van der Waals surface area contributed by atoms with Crippen LogP contribution in [0.3, 0.4) is 0 Å². The normalized spacial score (nSPS) is 10.2. The lowest BCUT2D eigenvalue weighted by Crippen LogP contribution is -2.24. The van der Waals surface area contributed by atoms with Crippen molar-refractivity contribution in [1.29, 1.82) is 0 Å². The molecule has 0 aliphatic carbocycles. The van der Waals surface area contributed by atoms with Gasteiger partial charge >= 0.3 is 5.97 Å². The van der Waals surface area contributed by atoms with Crippen molar-refractivity contribution in [2.75, 3.05) is 6.54 Å². The van der Waals surface area contributed by atoms with Crippen LogP contribution in [0.1, 0.15) is 18.9 Å². The van der Waals surface area contributed by atoms with Crippen LogP contribution in [0.5, 0.6) is 5.75 Å². The molecule has 0 heterocycles. The van der Waals surface area contributed by atoms with Gasteiger partial charge in [-0.3, -0.25) is 9.59 Å². The summed E-state index contributed by atoms with van der Waals surface area (Å²) >= 11 is 0. The highest BCUT2D eigenvalue weighted by Crippen LogP contribution is 2.19. The van der Waals surface area contributed by atoms with E-state index in [2.05, 4.69) is 5.32 Å². The Morgan fingerprint density at radius 3 is 2.65 bits per heavy atom. The molecule has 0 aromatic heterocycles. The molecule has 1 rings (SSSR count). The van der Waals surface area contributed by atoms with E-state index in [9.17, 15) is 14.4 Å². The van der Waals surface area contributed by atoms with Crippen LogP contribution >= 0.6 is 0 Å². The first-order chi connectivity index (χ1) is 9.49. The van der Waals surface area contributed by atoms with Gasteiger partial charge in [-0.05, 0) is 18.2 Å². The number of rotatable bonds is 6. The molecule has 6 heteroatoms. The molecule has 0 atom stereocenters. The first-order valence-electron chi connectivity index (χ1n) is 6.00. The van der Waals surface area contributed by atoms with Gasteiger partial charge in [0.1, 0.15) is 5.75 Å². The van der Waals surface area contributed by atoms with Crippen LogP contribution in [-0.2, 0) is 14.4 Å². The number of allylic oxidation sites excluding steroid dienone is 1. The summed E-state index contributed by atoms with van der Waals surface area (Å²) in [6.45, 7) is 1.59. The van der Waals surface area contributed by atoms with Gasteiger partial charge in [0.2, 0.25) is 5.91 Å². The van der Waals surface area contributed by atoms with Crippen LogP contribution in [0.4, 0.5) is 0 Å². The zero-order valence-electron chi connectivity index (χ0n) is 11.1. The number of amides is 1.